The second-order valence-electron chi connectivity index (χ2n) is 8.81. The summed E-state index contributed by atoms with van der Waals surface area (Å²) in [6.45, 7) is 6.26. The molecule has 4 rings (SSSR count). The zero-order valence-electron chi connectivity index (χ0n) is 20.1. The number of benzene rings is 2. The highest BCUT2D eigenvalue weighted by molar-refractivity contribution is 6.08. The number of methoxy groups -OCH3 is 1. The number of carbonyl (C=O) groups excluding carboxylic acids is 1. The van der Waals surface area contributed by atoms with Crippen LogP contribution in [0.25, 0.3) is 5.57 Å². The number of anilines is 1. The van der Waals surface area contributed by atoms with Gasteiger partial charge < -0.3 is 30.4 Å². The van der Waals surface area contributed by atoms with Gasteiger partial charge in [-0.3, -0.25) is 10.1 Å². The van der Waals surface area contributed by atoms with E-state index < -0.39 is 0 Å². The van der Waals surface area contributed by atoms with Crippen molar-refractivity contribution in [1.82, 2.24) is 16.0 Å². The van der Waals surface area contributed by atoms with Crippen molar-refractivity contribution in [1.29, 1.82) is 5.41 Å². The fourth-order valence-corrected chi connectivity index (χ4v) is 4.48. The van der Waals surface area contributed by atoms with Gasteiger partial charge in [0, 0.05) is 42.8 Å². The summed E-state index contributed by atoms with van der Waals surface area (Å²) in [5.74, 6) is 0.551. The third kappa shape index (κ3) is 5.08. The molecule has 0 radical (unpaired) electrons. The van der Waals surface area contributed by atoms with Crippen molar-refractivity contribution < 1.29 is 14.3 Å². The van der Waals surface area contributed by atoms with E-state index in [1.54, 1.807) is 20.4 Å². The second-order valence-corrected chi connectivity index (χ2v) is 8.81. The molecule has 0 aliphatic carbocycles. The van der Waals surface area contributed by atoms with E-state index in [0.717, 1.165) is 47.6 Å². The van der Waals surface area contributed by atoms with Crippen molar-refractivity contribution in [2.24, 2.45) is 0 Å². The van der Waals surface area contributed by atoms with E-state index >= 15 is 0 Å². The number of amides is 1. The van der Waals surface area contributed by atoms with Crippen LogP contribution in [0.15, 0.2) is 42.6 Å². The standard InChI is InChI=1S/C26H33N5O3/c1-16-5-6-22(31-13-21-15-34-25(14-31)30-21)10-24(16)26(32)29-17(2)18-7-19(9-23(8-18)33-4)20(11-27)12-28-3/h5-12,17,21,25,27-28,30H,13-15H2,1-4H3,(H,29,32)/b20-12+,27-11?/t17-,21-,25-/m1/s1. The van der Waals surface area contributed by atoms with E-state index in [4.69, 9.17) is 14.9 Å². The number of allylic oxidation sites excluding steroid dienone is 1. The summed E-state index contributed by atoms with van der Waals surface area (Å²) in [6.07, 6.45) is 3.10. The monoisotopic (exact) mass is 463 g/mol. The lowest BCUT2D eigenvalue weighted by molar-refractivity contribution is 0.0939. The predicted octanol–water partition coefficient (Wildman–Crippen LogP) is 2.84. The van der Waals surface area contributed by atoms with Crippen molar-refractivity contribution in [3.05, 3.63) is 64.9 Å². The Labute approximate surface area is 200 Å². The van der Waals surface area contributed by atoms with Gasteiger partial charge in [-0.15, -0.1) is 0 Å². The van der Waals surface area contributed by atoms with Crippen molar-refractivity contribution in [2.75, 3.05) is 38.8 Å². The van der Waals surface area contributed by atoms with Gasteiger partial charge in [0.05, 0.1) is 32.3 Å². The lowest BCUT2D eigenvalue weighted by Gasteiger charge is -2.33. The topological polar surface area (TPSA) is 98.7 Å². The molecule has 180 valence electrons. The number of ether oxygens (including phenoxy) is 2. The van der Waals surface area contributed by atoms with Gasteiger partial charge in [0.1, 0.15) is 12.0 Å². The molecule has 8 heteroatoms. The van der Waals surface area contributed by atoms with Crippen molar-refractivity contribution >= 4 is 23.4 Å². The van der Waals surface area contributed by atoms with Gasteiger partial charge >= 0.3 is 0 Å². The minimum absolute atomic E-state index is 0.0439. The van der Waals surface area contributed by atoms with Crippen LogP contribution in [0.3, 0.4) is 0 Å². The molecule has 3 atom stereocenters. The largest absolute Gasteiger partial charge is 0.497 e. The molecule has 2 aromatic rings. The average molecular weight is 464 g/mol. The summed E-state index contributed by atoms with van der Waals surface area (Å²) in [4.78, 5) is 15.6. The first-order valence-corrected chi connectivity index (χ1v) is 11.5. The summed E-state index contributed by atoms with van der Waals surface area (Å²) in [7, 11) is 3.41. The summed E-state index contributed by atoms with van der Waals surface area (Å²) in [5.41, 5.74) is 5.08. The highest BCUT2D eigenvalue weighted by atomic mass is 16.5. The number of carbonyl (C=O) groups is 1. The minimum atomic E-state index is -0.255. The molecule has 2 aliphatic rings. The normalized spacial score (nSPS) is 20.6. The molecule has 8 nitrogen and oxygen atoms in total. The Morgan fingerprint density at radius 2 is 2.12 bits per heavy atom. The zero-order chi connectivity index (χ0) is 24.2. The summed E-state index contributed by atoms with van der Waals surface area (Å²) >= 11 is 0. The number of fused-ring (bicyclic) bond motifs is 2. The number of aryl methyl sites for hydroxylation is 1. The van der Waals surface area contributed by atoms with E-state index in [1.807, 2.05) is 44.2 Å². The summed E-state index contributed by atoms with van der Waals surface area (Å²) in [5, 5.41) is 17.3. The smallest absolute Gasteiger partial charge is 0.252 e. The third-order valence-electron chi connectivity index (χ3n) is 6.38. The van der Waals surface area contributed by atoms with Crippen LogP contribution in [-0.2, 0) is 4.74 Å². The zero-order valence-corrected chi connectivity index (χ0v) is 20.1. The fraction of sp³-hybridized carbons (Fsp3) is 0.385. The molecule has 1 amide bonds. The highest BCUT2D eigenvalue weighted by Crippen LogP contribution is 2.27. The molecule has 0 unspecified atom stereocenters. The SMILES string of the molecule is CN/C=C(\C=N)c1cc(OC)cc([C@@H](C)NC(=O)c2cc(N3C[C@@H]4CO[C@H](C3)N4)ccc2C)c1. The highest BCUT2D eigenvalue weighted by Gasteiger charge is 2.33. The summed E-state index contributed by atoms with van der Waals surface area (Å²) in [6, 6.07) is 11.9. The van der Waals surface area contributed by atoms with Gasteiger partial charge in [-0.1, -0.05) is 6.07 Å². The number of nitrogens with zero attached hydrogens (tertiary/aromatic N) is 1. The van der Waals surface area contributed by atoms with E-state index in [2.05, 4.69) is 26.9 Å². The average Bonchev–Trinajstić information content (AvgIpc) is 3.19. The first-order valence-electron chi connectivity index (χ1n) is 11.5. The van der Waals surface area contributed by atoms with Gasteiger partial charge in [0.15, 0.2) is 0 Å². The molecule has 2 bridgehead atoms. The van der Waals surface area contributed by atoms with Crippen molar-refractivity contribution in [3.63, 3.8) is 0 Å². The van der Waals surface area contributed by atoms with Crippen LogP contribution in [0.1, 0.15) is 40.0 Å². The van der Waals surface area contributed by atoms with Crippen LogP contribution in [0.2, 0.25) is 0 Å². The minimum Gasteiger partial charge on any atom is -0.497 e. The molecule has 2 aliphatic heterocycles. The van der Waals surface area contributed by atoms with E-state index in [1.165, 1.54) is 6.21 Å². The molecule has 34 heavy (non-hydrogen) atoms. The number of hydrogen-bond donors (Lipinski definition) is 4. The first kappa shape index (κ1) is 23.8. The van der Waals surface area contributed by atoms with E-state index in [9.17, 15) is 4.79 Å². The number of rotatable bonds is 8. The van der Waals surface area contributed by atoms with Crippen molar-refractivity contribution in [2.45, 2.75) is 32.2 Å². The van der Waals surface area contributed by atoms with Crippen LogP contribution in [0, 0.1) is 12.3 Å². The van der Waals surface area contributed by atoms with E-state index in [0.29, 0.717) is 17.4 Å². The van der Waals surface area contributed by atoms with Crippen LogP contribution < -0.4 is 25.6 Å². The maximum atomic E-state index is 13.3. The van der Waals surface area contributed by atoms with Crippen LogP contribution in [0.5, 0.6) is 5.75 Å². The number of piperazine rings is 1. The lowest BCUT2D eigenvalue weighted by atomic mass is 9.99. The maximum absolute atomic E-state index is 13.3. The molecule has 4 N–H and O–H groups in total. The summed E-state index contributed by atoms with van der Waals surface area (Å²) < 4.78 is 11.2. The maximum Gasteiger partial charge on any atom is 0.252 e. The van der Waals surface area contributed by atoms with Gasteiger partial charge in [-0.25, -0.2) is 0 Å². The molecule has 0 spiro atoms. The van der Waals surface area contributed by atoms with E-state index in [-0.39, 0.29) is 18.2 Å². The lowest BCUT2D eigenvalue weighted by Crippen LogP contribution is -2.51. The van der Waals surface area contributed by atoms with Crippen molar-refractivity contribution in [3.8, 4) is 5.75 Å². The van der Waals surface area contributed by atoms with Gasteiger partial charge in [0.25, 0.3) is 5.91 Å². The second kappa shape index (κ2) is 10.3. The quantitative estimate of drug-likeness (QED) is 0.450. The molecule has 0 saturated carbocycles. The molecule has 2 saturated heterocycles. The number of hydrogen-bond acceptors (Lipinski definition) is 7. The Morgan fingerprint density at radius 1 is 1.29 bits per heavy atom. The van der Waals surface area contributed by atoms with Crippen LogP contribution >= 0.6 is 0 Å². The predicted molar refractivity (Wildman–Crippen MR) is 135 cm³/mol. The third-order valence-corrected chi connectivity index (χ3v) is 6.38. The fourth-order valence-electron chi connectivity index (χ4n) is 4.48. The van der Waals surface area contributed by atoms with Crippen LogP contribution in [0.4, 0.5) is 5.69 Å². The Balaban J connectivity index is 1.55. The van der Waals surface area contributed by atoms with Crippen LogP contribution in [-0.4, -0.2) is 58.2 Å². The first-order chi connectivity index (χ1) is 16.4. The number of nitrogens with one attached hydrogen (secondary N) is 4. The molecule has 2 heterocycles. The van der Waals surface area contributed by atoms with Gasteiger partial charge in [-0.2, -0.15) is 0 Å². The molecular formula is C26H33N5O3. The molecular weight excluding hydrogens is 430 g/mol. The molecule has 0 aromatic heterocycles. The van der Waals surface area contributed by atoms with Gasteiger partial charge in [0.2, 0.25) is 0 Å². The Morgan fingerprint density at radius 3 is 2.82 bits per heavy atom. The van der Waals surface area contributed by atoms with Gasteiger partial charge in [-0.05, 0) is 60.9 Å². The molecule has 2 fully saturated rings. The molecule has 2 aromatic carbocycles. The Kier molecular flexibility index (Phi) is 7.19. The Hall–Kier alpha value is -3.36. The Bertz CT molecular complexity index is 1090.